The Kier molecular flexibility index (Phi) is 8.26. The minimum atomic E-state index is -4.74. The van der Waals surface area contributed by atoms with Crippen molar-refractivity contribution in [2.75, 3.05) is 16.0 Å². The maximum Gasteiger partial charge on any atom is 0.418 e. The van der Waals surface area contributed by atoms with Crippen LogP contribution in [0.1, 0.15) is 42.7 Å². The number of hydrogen-bond donors (Lipinski definition) is 3. The molecule has 3 aromatic rings. The van der Waals surface area contributed by atoms with Gasteiger partial charge in [0, 0.05) is 36.5 Å². The molecule has 0 bridgehead atoms. The Labute approximate surface area is 204 Å². The Morgan fingerprint density at radius 3 is 2.14 bits per heavy atom. The van der Waals surface area contributed by atoms with Crippen molar-refractivity contribution in [3.8, 4) is 11.5 Å². The number of benzene rings is 2. The van der Waals surface area contributed by atoms with Gasteiger partial charge in [0.1, 0.15) is 17.2 Å². The van der Waals surface area contributed by atoms with Crippen LogP contribution in [0.4, 0.5) is 35.0 Å². The molecule has 1 aromatic heterocycles. The lowest BCUT2D eigenvalue weighted by molar-refractivity contribution is -0.136. The van der Waals surface area contributed by atoms with Gasteiger partial charge < -0.3 is 20.7 Å². The normalized spacial score (nSPS) is 10.9. The second-order valence-corrected chi connectivity index (χ2v) is 7.52. The van der Waals surface area contributed by atoms with E-state index in [0.717, 1.165) is 12.1 Å². The van der Waals surface area contributed by atoms with Gasteiger partial charge in [-0.2, -0.15) is 13.2 Å². The van der Waals surface area contributed by atoms with Crippen LogP contribution in [0.15, 0.2) is 60.8 Å². The smallest absolute Gasteiger partial charge is 0.418 e. The number of ketones is 1. The number of nitrogens with one attached hydrogen (secondary N) is 3. The molecule has 8 nitrogen and oxygen atoms in total. The van der Waals surface area contributed by atoms with Crippen LogP contribution in [0, 0.1) is 0 Å². The zero-order chi connectivity index (χ0) is 26.3. The maximum atomic E-state index is 13.4. The number of Topliss-reactive ketones (excluding diaryl/α,β-unsaturated/α-hetero) is 1. The predicted molar refractivity (Wildman–Crippen MR) is 128 cm³/mol. The van der Waals surface area contributed by atoms with Crippen LogP contribution in [0.5, 0.6) is 11.5 Å². The summed E-state index contributed by atoms with van der Waals surface area (Å²) < 4.78 is 46.0. The van der Waals surface area contributed by atoms with Crippen LogP contribution in [0.25, 0.3) is 0 Å². The largest absolute Gasteiger partial charge is 0.457 e. The van der Waals surface area contributed by atoms with Crippen molar-refractivity contribution >= 4 is 34.8 Å². The molecule has 3 N–H and O–H groups in total. The topological polar surface area (TPSA) is 109 Å². The number of carbonyl (C=O) groups excluding carboxylic acids is 3. The van der Waals surface area contributed by atoms with E-state index in [4.69, 9.17) is 4.74 Å². The molecular formula is C25H23F3N4O4. The molecule has 0 spiro atoms. The lowest BCUT2D eigenvalue weighted by atomic mass is 10.1. The quantitative estimate of drug-likeness (QED) is 0.307. The van der Waals surface area contributed by atoms with E-state index < -0.39 is 29.4 Å². The van der Waals surface area contributed by atoms with Crippen molar-refractivity contribution < 1.29 is 32.3 Å². The number of ether oxygens (including phenoxy) is 1. The van der Waals surface area contributed by atoms with E-state index >= 15 is 0 Å². The van der Waals surface area contributed by atoms with Crippen molar-refractivity contribution in [2.24, 2.45) is 0 Å². The molecule has 0 fully saturated rings. The van der Waals surface area contributed by atoms with E-state index in [1.165, 1.54) is 25.3 Å². The summed E-state index contributed by atoms with van der Waals surface area (Å²) in [6.07, 6.45) is -2.94. The number of rotatable bonds is 8. The molecule has 0 aliphatic heterocycles. The molecule has 3 rings (SSSR count). The Morgan fingerprint density at radius 1 is 0.833 bits per heavy atom. The molecule has 0 aliphatic carbocycles. The van der Waals surface area contributed by atoms with Crippen molar-refractivity contribution in [3.05, 3.63) is 72.1 Å². The third kappa shape index (κ3) is 7.05. The van der Waals surface area contributed by atoms with E-state index in [1.54, 1.807) is 37.3 Å². The summed E-state index contributed by atoms with van der Waals surface area (Å²) in [4.78, 5) is 39.6. The zero-order valence-corrected chi connectivity index (χ0v) is 19.4. The van der Waals surface area contributed by atoms with Crippen LogP contribution in [0.2, 0.25) is 0 Å². The zero-order valence-electron chi connectivity index (χ0n) is 19.4. The molecular weight excluding hydrogens is 477 g/mol. The first-order valence-corrected chi connectivity index (χ1v) is 10.9. The lowest BCUT2D eigenvalue weighted by Gasteiger charge is -2.16. The standard InChI is InChI=1S/C25H23F3N4O4/c1-3-22(33)21-14-18(11-12-29-21)36-17-8-5-15(6-9-17)30-24(35)31-16-7-10-20(32-23(34)4-2)19(13-16)25(26,27)28/h5-14H,3-4H2,1-2H3,(H,32,34)(H2,30,31,35). The number of urea groups is 1. The molecule has 188 valence electrons. The van der Waals surface area contributed by atoms with Gasteiger partial charge in [0.15, 0.2) is 5.78 Å². The van der Waals surface area contributed by atoms with Gasteiger partial charge in [-0.15, -0.1) is 0 Å². The fourth-order valence-corrected chi connectivity index (χ4v) is 3.05. The summed E-state index contributed by atoms with van der Waals surface area (Å²) in [7, 11) is 0. The molecule has 0 saturated carbocycles. The first-order chi connectivity index (χ1) is 17.1. The van der Waals surface area contributed by atoms with Crippen molar-refractivity contribution in [1.29, 1.82) is 0 Å². The number of carbonyl (C=O) groups is 3. The summed E-state index contributed by atoms with van der Waals surface area (Å²) >= 11 is 0. The summed E-state index contributed by atoms with van der Waals surface area (Å²) in [6.45, 7) is 3.25. The first-order valence-electron chi connectivity index (χ1n) is 10.9. The Morgan fingerprint density at radius 2 is 1.50 bits per heavy atom. The highest BCUT2D eigenvalue weighted by atomic mass is 19.4. The summed E-state index contributed by atoms with van der Waals surface area (Å²) in [6, 6.07) is 11.7. The second kappa shape index (κ2) is 11.3. The van der Waals surface area contributed by atoms with Gasteiger partial charge >= 0.3 is 12.2 Å². The van der Waals surface area contributed by atoms with Crippen molar-refractivity contribution in [3.63, 3.8) is 0 Å². The number of pyridine rings is 1. The summed E-state index contributed by atoms with van der Waals surface area (Å²) in [5, 5.41) is 7.06. The molecule has 0 saturated heterocycles. The van der Waals surface area contributed by atoms with Gasteiger partial charge in [0.05, 0.1) is 11.3 Å². The van der Waals surface area contributed by atoms with Gasteiger partial charge in [-0.05, 0) is 48.5 Å². The molecule has 0 unspecified atom stereocenters. The van der Waals surface area contributed by atoms with Crippen LogP contribution in [0.3, 0.4) is 0 Å². The highest BCUT2D eigenvalue weighted by Gasteiger charge is 2.34. The van der Waals surface area contributed by atoms with E-state index in [0.29, 0.717) is 29.3 Å². The number of amides is 3. The van der Waals surface area contributed by atoms with Crippen LogP contribution in [-0.4, -0.2) is 22.7 Å². The third-order valence-electron chi connectivity index (χ3n) is 4.86. The minimum absolute atomic E-state index is 0.0195. The number of halogens is 3. The Hall–Kier alpha value is -4.41. The average molecular weight is 500 g/mol. The van der Waals surface area contributed by atoms with Gasteiger partial charge in [-0.3, -0.25) is 14.6 Å². The van der Waals surface area contributed by atoms with Gasteiger partial charge in [-0.1, -0.05) is 13.8 Å². The van der Waals surface area contributed by atoms with E-state index in [-0.39, 0.29) is 17.9 Å². The number of anilines is 3. The molecule has 0 radical (unpaired) electrons. The Bertz CT molecular complexity index is 1260. The maximum absolute atomic E-state index is 13.4. The third-order valence-corrected chi connectivity index (χ3v) is 4.86. The van der Waals surface area contributed by atoms with Gasteiger partial charge in [0.2, 0.25) is 5.91 Å². The summed E-state index contributed by atoms with van der Waals surface area (Å²) in [5.41, 5.74) is -0.928. The molecule has 11 heteroatoms. The van der Waals surface area contributed by atoms with Crippen LogP contribution < -0.4 is 20.7 Å². The lowest BCUT2D eigenvalue weighted by Crippen LogP contribution is -2.20. The molecule has 0 atom stereocenters. The van der Waals surface area contributed by atoms with Gasteiger partial charge in [0.25, 0.3) is 0 Å². The number of aromatic nitrogens is 1. The highest BCUT2D eigenvalue weighted by Crippen LogP contribution is 2.36. The van der Waals surface area contributed by atoms with Gasteiger partial charge in [-0.25, -0.2) is 4.79 Å². The molecule has 2 aromatic carbocycles. The fraction of sp³-hybridized carbons (Fsp3) is 0.200. The highest BCUT2D eigenvalue weighted by molar-refractivity contribution is 6.00. The van der Waals surface area contributed by atoms with Crippen LogP contribution in [-0.2, 0) is 11.0 Å². The monoisotopic (exact) mass is 500 g/mol. The van der Waals surface area contributed by atoms with Crippen molar-refractivity contribution in [2.45, 2.75) is 32.9 Å². The number of nitrogens with zero attached hydrogens (tertiary/aromatic N) is 1. The minimum Gasteiger partial charge on any atom is -0.457 e. The molecule has 1 heterocycles. The van der Waals surface area contributed by atoms with Crippen LogP contribution >= 0.6 is 0 Å². The molecule has 0 aliphatic rings. The number of hydrogen-bond acceptors (Lipinski definition) is 5. The Balaban J connectivity index is 1.65. The molecule has 3 amide bonds. The first kappa shape index (κ1) is 26.2. The SMILES string of the molecule is CCC(=O)Nc1ccc(NC(=O)Nc2ccc(Oc3ccnc(C(=O)CC)c3)cc2)cc1C(F)(F)F. The predicted octanol–water partition coefficient (Wildman–Crippen LogP) is 6.48. The average Bonchev–Trinajstić information content (AvgIpc) is 2.85. The molecule has 36 heavy (non-hydrogen) atoms. The van der Waals surface area contributed by atoms with E-state index in [9.17, 15) is 27.6 Å². The summed E-state index contributed by atoms with van der Waals surface area (Å²) in [5.74, 6) is 0.166. The second-order valence-electron chi connectivity index (χ2n) is 7.52. The van der Waals surface area contributed by atoms with E-state index in [2.05, 4.69) is 20.9 Å². The van der Waals surface area contributed by atoms with E-state index in [1.807, 2.05) is 0 Å². The fourth-order valence-electron chi connectivity index (χ4n) is 3.05. The van der Waals surface area contributed by atoms with Crippen molar-refractivity contribution in [1.82, 2.24) is 4.98 Å². The number of alkyl halides is 3.